The molecule has 1 amide bonds. The molecular weight excluding hydrogens is 372 g/mol. The number of likely N-dealkylation sites (tertiary alicyclic amines) is 1. The summed E-state index contributed by atoms with van der Waals surface area (Å²) in [7, 11) is 0. The number of nitrogens with zero attached hydrogens (tertiary/aromatic N) is 2. The lowest BCUT2D eigenvalue weighted by molar-refractivity contribution is 0.0773. The average Bonchev–Trinajstić information content (AvgIpc) is 3.61. The zero-order valence-corrected chi connectivity index (χ0v) is 18.1. The number of rotatable bonds is 7. The molecule has 2 saturated heterocycles. The van der Waals surface area contributed by atoms with Crippen LogP contribution in [0.4, 0.5) is 0 Å². The molecule has 0 radical (unpaired) electrons. The number of hydrogen-bond donors (Lipinski definition) is 0. The molecule has 4 nitrogen and oxygen atoms in total. The molecule has 1 unspecified atom stereocenters. The zero-order valence-electron chi connectivity index (χ0n) is 18.1. The van der Waals surface area contributed by atoms with Crippen molar-refractivity contribution in [1.29, 1.82) is 0 Å². The quantitative estimate of drug-likeness (QED) is 0.639. The normalized spacial score (nSPS) is 18.9. The summed E-state index contributed by atoms with van der Waals surface area (Å²) < 4.78 is 5.40. The Morgan fingerprint density at radius 3 is 2.07 bits per heavy atom. The van der Waals surface area contributed by atoms with Crippen LogP contribution in [0.3, 0.4) is 0 Å². The molecule has 158 valence electrons. The zero-order chi connectivity index (χ0) is 20.9. The van der Waals surface area contributed by atoms with E-state index in [-0.39, 0.29) is 5.91 Å². The van der Waals surface area contributed by atoms with Gasteiger partial charge in [0, 0.05) is 38.3 Å². The summed E-state index contributed by atoms with van der Waals surface area (Å²) in [6.45, 7) is 9.68. The third kappa shape index (κ3) is 4.82. The lowest BCUT2D eigenvalue weighted by atomic mass is 9.88. The largest absolute Gasteiger partial charge is 0.372 e. The molecule has 2 heterocycles. The van der Waals surface area contributed by atoms with E-state index in [1.165, 1.54) is 22.3 Å². The molecule has 30 heavy (non-hydrogen) atoms. The first-order valence-corrected chi connectivity index (χ1v) is 11.2. The molecule has 0 aliphatic carbocycles. The number of epoxide rings is 1. The van der Waals surface area contributed by atoms with E-state index in [1.54, 1.807) is 0 Å². The molecule has 2 fully saturated rings. The minimum absolute atomic E-state index is 0.107. The van der Waals surface area contributed by atoms with Crippen molar-refractivity contribution in [2.45, 2.75) is 32.8 Å². The van der Waals surface area contributed by atoms with Gasteiger partial charge in [-0.25, -0.2) is 0 Å². The van der Waals surface area contributed by atoms with E-state index in [1.807, 2.05) is 30.9 Å². The van der Waals surface area contributed by atoms with Crippen LogP contribution in [0.5, 0.6) is 0 Å². The number of benzene rings is 2. The number of piperidine rings is 1. The van der Waals surface area contributed by atoms with E-state index in [9.17, 15) is 4.79 Å². The molecule has 2 aliphatic heterocycles. The van der Waals surface area contributed by atoms with Gasteiger partial charge in [-0.05, 0) is 55.5 Å². The smallest absolute Gasteiger partial charge is 0.253 e. The maximum atomic E-state index is 12.7. The van der Waals surface area contributed by atoms with E-state index in [2.05, 4.69) is 47.4 Å². The Labute approximate surface area is 180 Å². The Morgan fingerprint density at radius 2 is 1.50 bits per heavy atom. The summed E-state index contributed by atoms with van der Waals surface area (Å²) in [5, 5.41) is 0. The minimum atomic E-state index is 0.107. The van der Waals surface area contributed by atoms with E-state index in [0.29, 0.717) is 6.10 Å². The molecule has 2 aliphatic rings. The summed E-state index contributed by atoms with van der Waals surface area (Å²) in [5.41, 5.74) is 6.07. The first-order valence-electron chi connectivity index (χ1n) is 11.2. The van der Waals surface area contributed by atoms with Gasteiger partial charge in [-0.2, -0.15) is 0 Å². The fourth-order valence-electron chi connectivity index (χ4n) is 4.37. The molecule has 0 bridgehead atoms. The number of carbonyl (C=O) groups excluding carboxylic acids is 1. The van der Waals surface area contributed by atoms with Crippen LogP contribution in [-0.4, -0.2) is 61.1 Å². The SMILES string of the molecule is CCN(CC)C(=O)c1ccc(C(=C2CCN(CC3CO3)CC2)c2ccccc2)cc1. The van der Waals surface area contributed by atoms with Gasteiger partial charge in [-0.1, -0.05) is 48.0 Å². The fourth-order valence-corrected chi connectivity index (χ4v) is 4.37. The van der Waals surface area contributed by atoms with Crippen molar-refractivity contribution in [3.63, 3.8) is 0 Å². The Bertz CT molecular complexity index is 871. The first kappa shape index (κ1) is 20.8. The van der Waals surface area contributed by atoms with E-state index in [4.69, 9.17) is 4.74 Å². The van der Waals surface area contributed by atoms with Gasteiger partial charge < -0.3 is 14.5 Å². The standard InChI is InChI=1S/C26H32N2O2/c1-3-28(4-2)26(29)23-12-10-21(11-13-23)25(20-8-6-5-7-9-20)22-14-16-27(17-15-22)18-24-19-30-24/h5-13,24H,3-4,14-19H2,1-2H3. The van der Waals surface area contributed by atoms with Gasteiger partial charge in [-0.3, -0.25) is 4.79 Å². The summed E-state index contributed by atoms with van der Waals surface area (Å²) in [5.74, 6) is 0.107. The van der Waals surface area contributed by atoms with Gasteiger partial charge >= 0.3 is 0 Å². The van der Waals surface area contributed by atoms with Crippen LogP contribution in [0.15, 0.2) is 60.2 Å². The molecular formula is C26H32N2O2. The molecule has 0 aromatic heterocycles. The highest BCUT2D eigenvalue weighted by Gasteiger charge is 2.27. The highest BCUT2D eigenvalue weighted by Crippen LogP contribution is 2.33. The predicted molar refractivity (Wildman–Crippen MR) is 122 cm³/mol. The van der Waals surface area contributed by atoms with E-state index >= 15 is 0 Å². The van der Waals surface area contributed by atoms with Crippen molar-refractivity contribution in [3.8, 4) is 0 Å². The van der Waals surface area contributed by atoms with Crippen molar-refractivity contribution in [3.05, 3.63) is 76.9 Å². The van der Waals surface area contributed by atoms with Crippen LogP contribution < -0.4 is 0 Å². The third-order valence-electron chi connectivity index (χ3n) is 6.21. The first-order chi connectivity index (χ1) is 14.7. The molecule has 4 heteroatoms. The number of carbonyl (C=O) groups is 1. The fraction of sp³-hybridized carbons (Fsp3) is 0.423. The Hall–Kier alpha value is -2.43. The topological polar surface area (TPSA) is 36.1 Å². The van der Waals surface area contributed by atoms with Crippen molar-refractivity contribution >= 4 is 11.5 Å². The van der Waals surface area contributed by atoms with Gasteiger partial charge in [0.25, 0.3) is 5.91 Å². The van der Waals surface area contributed by atoms with Gasteiger partial charge in [0.1, 0.15) is 0 Å². The maximum absolute atomic E-state index is 12.7. The van der Waals surface area contributed by atoms with Gasteiger partial charge in [0.05, 0.1) is 12.7 Å². The monoisotopic (exact) mass is 404 g/mol. The number of hydrogen-bond acceptors (Lipinski definition) is 3. The molecule has 0 saturated carbocycles. The van der Waals surface area contributed by atoms with E-state index in [0.717, 1.165) is 57.7 Å². The summed E-state index contributed by atoms with van der Waals surface area (Å²) in [6.07, 6.45) is 2.62. The Balaban J connectivity index is 1.60. The second-order valence-electron chi connectivity index (χ2n) is 8.16. The maximum Gasteiger partial charge on any atom is 0.253 e. The third-order valence-corrected chi connectivity index (χ3v) is 6.21. The number of amides is 1. The van der Waals surface area contributed by atoms with Crippen LogP contribution in [-0.2, 0) is 4.74 Å². The highest BCUT2D eigenvalue weighted by molar-refractivity contribution is 5.95. The van der Waals surface area contributed by atoms with Crippen molar-refractivity contribution in [1.82, 2.24) is 9.80 Å². The van der Waals surface area contributed by atoms with Crippen molar-refractivity contribution < 1.29 is 9.53 Å². The minimum Gasteiger partial charge on any atom is -0.372 e. The van der Waals surface area contributed by atoms with Crippen LogP contribution in [0.25, 0.3) is 5.57 Å². The van der Waals surface area contributed by atoms with Crippen LogP contribution in [0.1, 0.15) is 48.2 Å². The summed E-state index contributed by atoms with van der Waals surface area (Å²) in [6, 6.07) is 18.9. The summed E-state index contributed by atoms with van der Waals surface area (Å²) >= 11 is 0. The van der Waals surface area contributed by atoms with Gasteiger partial charge in [-0.15, -0.1) is 0 Å². The average molecular weight is 405 g/mol. The Kier molecular flexibility index (Phi) is 6.66. The van der Waals surface area contributed by atoms with Crippen LogP contribution >= 0.6 is 0 Å². The molecule has 1 atom stereocenters. The second-order valence-corrected chi connectivity index (χ2v) is 8.16. The molecule has 0 spiro atoms. The lowest BCUT2D eigenvalue weighted by Crippen LogP contribution is -2.34. The predicted octanol–water partition coefficient (Wildman–Crippen LogP) is 4.47. The van der Waals surface area contributed by atoms with Crippen LogP contribution in [0.2, 0.25) is 0 Å². The van der Waals surface area contributed by atoms with Crippen LogP contribution in [0, 0.1) is 0 Å². The van der Waals surface area contributed by atoms with Crippen molar-refractivity contribution in [2.75, 3.05) is 39.3 Å². The molecule has 2 aromatic carbocycles. The number of ether oxygens (including phenoxy) is 1. The summed E-state index contributed by atoms with van der Waals surface area (Å²) in [4.78, 5) is 17.1. The van der Waals surface area contributed by atoms with E-state index < -0.39 is 0 Å². The molecule has 4 rings (SSSR count). The Morgan fingerprint density at radius 1 is 0.933 bits per heavy atom. The molecule has 2 aromatic rings. The highest BCUT2D eigenvalue weighted by atomic mass is 16.6. The molecule has 0 N–H and O–H groups in total. The lowest BCUT2D eigenvalue weighted by Gasteiger charge is -2.29. The van der Waals surface area contributed by atoms with Gasteiger partial charge in [0.2, 0.25) is 0 Å². The van der Waals surface area contributed by atoms with Gasteiger partial charge in [0.15, 0.2) is 0 Å². The second kappa shape index (κ2) is 9.59. The van der Waals surface area contributed by atoms with Crippen molar-refractivity contribution in [2.24, 2.45) is 0 Å².